The first-order chi connectivity index (χ1) is 16.9. The van der Waals surface area contributed by atoms with Crippen LogP contribution in [0.25, 0.3) is 0 Å². The van der Waals surface area contributed by atoms with E-state index in [1.165, 1.54) is 0 Å². The zero-order valence-corrected chi connectivity index (χ0v) is 21.5. The topological polar surface area (TPSA) is 179 Å². The number of ether oxygens (including phenoxy) is 1. The highest BCUT2D eigenvalue weighted by Gasteiger charge is 2.45. The summed E-state index contributed by atoms with van der Waals surface area (Å²) in [6.07, 6.45) is 0.394. The minimum atomic E-state index is -3.80. The number of amides is 3. The van der Waals surface area contributed by atoms with E-state index in [-0.39, 0.29) is 35.9 Å². The van der Waals surface area contributed by atoms with E-state index in [0.29, 0.717) is 6.42 Å². The van der Waals surface area contributed by atoms with E-state index in [9.17, 15) is 37.5 Å². The quantitative estimate of drug-likeness (QED) is 0.345. The van der Waals surface area contributed by atoms with Crippen LogP contribution in [-0.4, -0.2) is 90.5 Å². The number of aliphatic carboxylic acids is 1. The largest absolute Gasteiger partial charge is 0.481 e. The molecule has 0 saturated carbocycles. The van der Waals surface area contributed by atoms with Gasteiger partial charge in [-0.05, 0) is 30.7 Å². The smallest absolute Gasteiger partial charge is 0.305 e. The molecule has 0 radical (unpaired) electrons. The summed E-state index contributed by atoms with van der Waals surface area (Å²) < 4.78 is 31.0. The van der Waals surface area contributed by atoms with Gasteiger partial charge in [-0.3, -0.25) is 29.0 Å². The Kier molecular flexibility index (Phi) is 8.92. The van der Waals surface area contributed by atoms with Gasteiger partial charge in [-0.2, -0.15) is 0 Å². The Hall–Kier alpha value is -2.75. The summed E-state index contributed by atoms with van der Waals surface area (Å²) in [5.41, 5.74) is 0. The zero-order valence-electron chi connectivity index (χ0n) is 19.1. The fraction of sp³-hybridized carbons (Fsp3) is 0.550. The molecule has 1 aromatic rings. The van der Waals surface area contributed by atoms with Gasteiger partial charge in [0, 0.05) is 13.0 Å². The van der Waals surface area contributed by atoms with Crippen molar-refractivity contribution >= 4 is 62.4 Å². The van der Waals surface area contributed by atoms with Gasteiger partial charge in [0.1, 0.15) is 24.7 Å². The molecule has 0 spiro atoms. The van der Waals surface area contributed by atoms with Crippen molar-refractivity contribution in [1.82, 2.24) is 20.1 Å². The van der Waals surface area contributed by atoms with Gasteiger partial charge >= 0.3 is 5.97 Å². The van der Waals surface area contributed by atoms with Crippen molar-refractivity contribution < 1.29 is 42.2 Å². The molecule has 36 heavy (non-hydrogen) atoms. The second kappa shape index (κ2) is 11.5. The third kappa shape index (κ3) is 6.93. The number of sulfonamides is 1. The number of nitrogens with zero attached hydrogens (tertiary/aromatic N) is 2. The average Bonchev–Trinajstić information content (AvgIpc) is 3.17. The van der Waals surface area contributed by atoms with Gasteiger partial charge in [-0.1, -0.05) is 11.6 Å². The molecule has 0 bridgehead atoms. The maximum absolute atomic E-state index is 13.2. The Morgan fingerprint density at radius 2 is 2.03 bits per heavy atom. The van der Waals surface area contributed by atoms with Gasteiger partial charge in [-0.25, -0.2) is 18.1 Å². The monoisotopic (exact) mass is 564 g/mol. The number of carbonyl (C=O) groups is 5. The molecule has 198 valence electrons. The first kappa shape index (κ1) is 27.8. The molecule has 2 fully saturated rings. The molecule has 3 heterocycles. The van der Waals surface area contributed by atoms with E-state index < -0.39 is 70.7 Å². The second-order valence-corrected chi connectivity index (χ2v) is 11.4. The highest BCUT2D eigenvalue weighted by molar-refractivity contribution is 7.88. The van der Waals surface area contributed by atoms with Crippen molar-refractivity contribution in [3.63, 3.8) is 0 Å². The summed E-state index contributed by atoms with van der Waals surface area (Å²) in [6, 6.07) is -2.44. The van der Waals surface area contributed by atoms with Crippen LogP contribution in [0.15, 0.2) is 11.4 Å². The van der Waals surface area contributed by atoms with Gasteiger partial charge in [0.25, 0.3) is 5.91 Å². The SMILES string of the molecule is CS(=O)(=O)NC1CCC(=O)N2CCCC(C(=O)NC(CC(=O)O)C(=O)COc3sccc3Cl)N2C1=O. The third-order valence-corrected chi connectivity index (χ3v) is 7.48. The standard InChI is InChI=1S/C20H25ClN4O9S2/c1-36(32,33)23-12-4-5-16(27)24-7-2-3-14(25(24)19(12)31)18(30)22-13(9-17(28)29)15(26)10-34-20-11(21)6-8-35-20/h6,8,12-14,23H,2-5,7,9-10H2,1H3,(H,22,30)(H,28,29). The van der Waals surface area contributed by atoms with Crippen LogP contribution in [0.4, 0.5) is 0 Å². The van der Waals surface area contributed by atoms with Gasteiger partial charge in [-0.15, -0.1) is 11.3 Å². The lowest BCUT2D eigenvalue weighted by Gasteiger charge is -2.43. The second-order valence-electron chi connectivity index (χ2n) is 8.31. The Morgan fingerprint density at radius 3 is 2.64 bits per heavy atom. The van der Waals surface area contributed by atoms with Crippen LogP contribution in [-0.2, 0) is 34.0 Å². The van der Waals surface area contributed by atoms with E-state index in [1.54, 1.807) is 11.4 Å². The molecule has 3 amide bonds. The summed E-state index contributed by atoms with van der Waals surface area (Å²) in [4.78, 5) is 63.1. The van der Waals surface area contributed by atoms with Gasteiger partial charge < -0.3 is 15.2 Å². The number of rotatable bonds is 10. The normalized spacial score (nSPS) is 21.4. The number of hydrogen-bond acceptors (Lipinski definition) is 9. The molecule has 3 N–H and O–H groups in total. The highest BCUT2D eigenvalue weighted by Crippen LogP contribution is 2.30. The zero-order chi connectivity index (χ0) is 26.6. The number of carboxylic acid groups (broad SMARTS) is 1. The van der Waals surface area contributed by atoms with Crippen LogP contribution < -0.4 is 14.8 Å². The van der Waals surface area contributed by atoms with Gasteiger partial charge in [0.2, 0.25) is 21.8 Å². The van der Waals surface area contributed by atoms with Crippen molar-refractivity contribution in [2.24, 2.45) is 0 Å². The first-order valence-electron chi connectivity index (χ1n) is 10.9. The lowest BCUT2D eigenvalue weighted by molar-refractivity contribution is -0.176. The molecule has 2 aliphatic rings. The number of hydrazine groups is 1. The van der Waals surface area contributed by atoms with E-state index in [0.717, 1.165) is 27.6 Å². The Balaban J connectivity index is 1.78. The molecule has 16 heteroatoms. The molecular formula is C20H25ClN4O9S2. The van der Waals surface area contributed by atoms with Crippen molar-refractivity contribution in [3.05, 3.63) is 16.5 Å². The predicted molar refractivity (Wildman–Crippen MR) is 127 cm³/mol. The minimum Gasteiger partial charge on any atom is -0.481 e. The summed E-state index contributed by atoms with van der Waals surface area (Å²) in [5.74, 6) is -4.19. The molecule has 3 rings (SSSR count). The number of carbonyl (C=O) groups excluding carboxylic acids is 4. The number of hydrogen-bond donors (Lipinski definition) is 3. The van der Waals surface area contributed by atoms with Gasteiger partial charge in [0.15, 0.2) is 10.8 Å². The number of fused-ring (bicyclic) bond motifs is 1. The van der Waals surface area contributed by atoms with E-state index in [4.69, 9.17) is 16.3 Å². The fourth-order valence-electron chi connectivity index (χ4n) is 3.95. The minimum absolute atomic E-state index is 0.0885. The fourth-order valence-corrected chi connectivity index (χ4v) is 5.64. The number of nitrogens with one attached hydrogen (secondary N) is 2. The predicted octanol–water partition coefficient (Wildman–Crippen LogP) is -0.245. The summed E-state index contributed by atoms with van der Waals surface area (Å²) in [7, 11) is -3.80. The van der Waals surface area contributed by atoms with E-state index in [1.807, 2.05) is 0 Å². The highest BCUT2D eigenvalue weighted by atomic mass is 35.5. The number of halogens is 1. The lowest BCUT2D eigenvalue weighted by atomic mass is 10.0. The van der Waals surface area contributed by atoms with E-state index in [2.05, 4.69) is 10.0 Å². The van der Waals surface area contributed by atoms with Crippen LogP contribution in [0.2, 0.25) is 5.02 Å². The van der Waals surface area contributed by atoms with Crippen molar-refractivity contribution in [3.8, 4) is 5.06 Å². The maximum atomic E-state index is 13.2. The average molecular weight is 565 g/mol. The van der Waals surface area contributed by atoms with Crippen molar-refractivity contribution in [2.75, 3.05) is 19.4 Å². The van der Waals surface area contributed by atoms with Crippen molar-refractivity contribution in [2.45, 2.75) is 50.2 Å². The molecule has 3 unspecified atom stereocenters. The molecule has 0 aliphatic carbocycles. The lowest BCUT2D eigenvalue weighted by Crippen LogP contribution is -2.64. The Bertz CT molecular complexity index is 1160. The Morgan fingerprint density at radius 1 is 1.31 bits per heavy atom. The number of Topliss-reactive ketones (excluding diaryl/α,β-unsaturated/α-hetero) is 1. The third-order valence-electron chi connectivity index (χ3n) is 5.53. The van der Waals surface area contributed by atoms with Crippen LogP contribution in [0.3, 0.4) is 0 Å². The number of carboxylic acids is 1. The van der Waals surface area contributed by atoms with Gasteiger partial charge in [0.05, 0.1) is 17.7 Å². The van der Waals surface area contributed by atoms with Crippen LogP contribution >= 0.6 is 22.9 Å². The molecule has 2 saturated heterocycles. The first-order valence-corrected chi connectivity index (χ1v) is 14.0. The summed E-state index contributed by atoms with van der Waals surface area (Å²) >= 11 is 7.06. The molecular weight excluding hydrogens is 540 g/mol. The summed E-state index contributed by atoms with van der Waals surface area (Å²) in [5, 5.41) is 15.8. The maximum Gasteiger partial charge on any atom is 0.305 e. The molecule has 3 atom stereocenters. The molecule has 0 aromatic carbocycles. The van der Waals surface area contributed by atoms with Crippen molar-refractivity contribution in [1.29, 1.82) is 0 Å². The van der Waals surface area contributed by atoms with E-state index >= 15 is 0 Å². The molecule has 13 nitrogen and oxygen atoms in total. The van der Waals surface area contributed by atoms with Crippen LogP contribution in [0, 0.1) is 0 Å². The van der Waals surface area contributed by atoms with Crippen LogP contribution in [0.5, 0.6) is 5.06 Å². The summed E-state index contributed by atoms with van der Waals surface area (Å²) in [6.45, 7) is -0.413. The Labute approximate surface area is 215 Å². The number of ketones is 1. The molecule has 2 aliphatic heterocycles. The molecule has 1 aromatic heterocycles. The number of thiophene rings is 1. The van der Waals surface area contributed by atoms with Crippen LogP contribution in [0.1, 0.15) is 32.1 Å².